The topological polar surface area (TPSA) is 3.24 Å². The Morgan fingerprint density at radius 1 is 0.472 bits per heavy atom. The Kier molecular flexibility index (Phi) is 5.30. The highest BCUT2D eigenvalue weighted by Crippen LogP contribution is 2.50. The number of aryl methyl sites for hydroxylation is 2. The molecule has 36 heavy (non-hydrogen) atoms. The molecule has 1 aliphatic rings. The number of anilines is 3. The van der Waals surface area contributed by atoms with Crippen LogP contribution in [0.15, 0.2) is 115 Å². The molecule has 0 saturated carbocycles. The first kappa shape index (κ1) is 22.4. The molecule has 0 spiro atoms. The summed E-state index contributed by atoms with van der Waals surface area (Å²) in [6.07, 6.45) is 0. The molecule has 0 aromatic heterocycles. The molecule has 1 nitrogen and oxygen atoms in total. The van der Waals surface area contributed by atoms with E-state index in [-0.39, 0.29) is 5.41 Å². The van der Waals surface area contributed by atoms with E-state index in [2.05, 4.69) is 148 Å². The molecule has 0 N–H and O–H groups in total. The third-order valence-corrected chi connectivity index (χ3v) is 7.60. The molecule has 0 aliphatic heterocycles. The van der Waals surface area contributed by atoms with Gasteiger partial charge in [-0.3, -0.25) is 0 Å². The van der Waals surface area contributed by atoms with Gasteiger partial charge in [0, 0.05) is 22.5 Å². The number of hydrogen-bond acceptors (Lipinski definition) is 1. The summed E-state index contributed by atoms with van der Waals surface area (Å²) in [6, 6.07) is 42.1. The van der Waals surface area contributed by atoms with Gasteiger partial charge in [0.1, 0.15) is 0 Å². The van der Waals surface area contributed by atoms with E-state index in [0.29, 0.717) is 0 Å². The lowest BCUT2D eigenvalue weighted by Gasteiger charge is -2.26. The molecule has 5 aromatic rings. The molecule has 0 atom stereocenters. The fourth-order valence-corrected chi connectivity index (χ4v) is 5.55. The first-order valence-corrected chi connectivity index (χ1v) is 12.7. The summed E-state index contributed by atoms with van der Waals surface area (Å²) in [5, 5.41) is 0. The van der Waals surface area contributed by atoms with Crippen LogP contribution in [-0.4, -0.2) is 0 Å². The summed E-state index contributed by atoms with van der Waals surface area (Å²) >= 11 is 0. The van der Waals surface area contributed by atoms with Gasteiger partial charge in [0.15, 0.2) is 0 Å². The molecule has 0 saturated heterocycles. The highest BCUT2D eigenvalue weighted by Gasteiger charge is 2.35. The minimum absolute atomic E-state index is 0.00217. The maximum absolute atomic E-state index is 2.40. The van der Waals surface area contributed by atoms with E-state index in [1.165, 1.54) is 44.5 Å². The smallest absolute Gasteiger partial charge is 0.0462 e. The van der Waals surface area contributed by atoms with E-state index in [0.717, 1.165) is 17.1 Å². The molecule has 1 aliphatic carbocycles. The highest BCUT2D eigenvalue weighted by molar-refractivity contribution is 5.84. The van der Waals surface area contributed by atoms with Crippen LogP contribution in [0.1, 0.15) is 36.1 Å². The maximum Gasteiger partial charge on any atom is 0.0462 e. The lowest BCUT2D eigenvalue weighted by molar-refractivity contribution is 0.660. The molecule has 0 amide bonds. The molecule has 0 bridgehead atoms. The Morgan fingerprint density at radius 2 is 0.972 bits per heavy atom. The van der Waals surface area contributed by atoms with Crippen LogP contribution in [0.4, 0.5) is 17.1 Å². The van der Waals surface area contributed by atoms with E-state index in [1.807, 2.05) is 0 Å². The van der Waals surface area contributed by atoms with Gasteiger partial charge in [0.2, 0.25) is 0 Å². The Hall–Kier alpha value is -4.10. The van der Waals surface area contributed by atoms with E-state index >= 15 is 0 Å². The zero-order valence-electron chi connectivity index (χ0n) is 21.4. The highest BCUT2D eigenvalue weighted by atomic mass is 15.1. The van der Waals surface area contributed by atoms with Gasteiger partial charge in [-0.1, -0.05) is 97.8 Å². The fraction of sp³-hybridized carbons (Fsp3) is 0.143. The quantitative estimate of drug-likeness (QED) is 0.255. The fourth-order valence-electron chi connectivity index (χ4n) is 5.55. The van der Waals surface area contributed by atoms with E-state index in [1.54, 1.807) is 0 Å². The summed E-state index contributed by atoms with van der Waals surface area (Å²) in [6.45, 7) is 9.01. The molecule has 0 radical (unpaired) electrons. The Balaban J connectivity index is 1.38. The summed E-state index contributed by atoms with van der Waals surface area (Å²) in [5.74, 6) is 0. The number of nitrogens with zero attached hydrogens (tertiary/aromatic N) is 1. The monoisotopic (exact) mass is 465 g/mol. The van der Waals surface area contributed by atoms with E-state index in [9.17, 15) is 0 Å². The number of para-hydroxylation sites is 1. The average molecular weight is 466 g/mol. The van der Waals surface area contributed by atoms with Crippen molar-refractivity contribution in [3.8, 4) is 22.3 Å². The van der Waals surface area contributed by atoms with Crippen LogP contribution in [-0.2, 0) is 5.41 Å². The number of fused-ring (bicyclic) bond motifs is 3. The molecular formula is C35H31N. The zero-order chi connectivity index (χ0) is 24.9. The van der Waals surface area contributed by atoms with Gasteiger partial charge in [0.25, 0.3) is 0 Å². The largest absolute Gasteiger partial charge is 0.311 e. The Labute approximate surface area is 214 Å². The van der Waals surface area contributed by atoms with Crippen LogP contribution in [0.5, 0.6) is 0 Å². The third-order valence-electron chi connectivity index (χ3n) is 7.60. The molecule has 0 fully saturated rings. The zero-order valence-corrected chi connectivity index (χ0v) is 21.4. The predicted molar refractivity (Wildman–Crippen MR) is 154 cm³/mol. The van der Waals surface area contributed by atoms with Crippen LogP contribution in [0.25, 0.3) is 22.3 Å². The van der Waals surface area contributed by atoms with Crippen molar-refractivity contribution >= 4 is 17.1 Å². The summed E-state index contributed by atoms with van der Waals surface area (Å²) in [5.41, 5.74) is 14.1. The van der Waals surface area contributed by atoms with Crippen LogP contribution >= 0.6 is 0 Å². The second-order valence-electron chi connectivity index (χ2n) is 10.5. The van der Waals surface area contributed by atoms with Crippen LogP contribution in [0, 0.1) is 13.8 Å². The van der Waals surface area contributed by atoms with Crippen LogP contribution in [0.3, 0.4) is 0 Å². The Morgan fingerprint density at radius 3 is 1.64 bits per heavy atom. The maximum atomic E-state index is 2.40. The van der Waals surface area contributed by atoms with Crippen molar-refractivity contribution in [1.29, 1.82) is 0 Å². The molecule has 0 unspecified atom stereocenters. The van der Waals surface area contributed by atoms with Crippen molar-refractivity contribution in [3.05, 3.63) is 138 Å². The third kappa shape index (κ3) is 3.72. The van der Waals surface area contributed by atoms with Gasteiger partial charge < -0.3 is 4.90 Å². The van der Waals surface area contributed by atoms with Gasteiger partial charge in [0.05, 0.1) is 0 Å². The van der Waals surface area contributed by atoms with Gasteiger partial charge in [-0.25, -0.2) is 0 Å². The molecule has 1 heteroatoms. The normalized spacial score (nSPS) is 13.2. The summed E-state index contributed by atoms with van der Waals surface area (Å²) < 4.78 is 0. The molecule has 5 aromatic carbocycles. The van der Waals surface area contributed by atoms with E-state index in [4.69, 9.17) is 0 Å². The Bertz CT molecular complexity index is 1540. The van der Waals surface area contributed by atoms with Gasteiger partial charge in [-0.15, -0.1) is 0 Å². The standard InChI is InChI=1S/C35H31N/c1-24-10-16-29(17-11-24)36(28-8-6-5-7-9-28)30-18-13-26(14-19-30)27-15-21-32-31-20-12-25(2)22-33(31)35(3,4)34(32)23-27/h5-23H,1-4H3. The summed E-state index contributed by atoms with van der Waals surface area (Å²) in [7, 11) is 0. The lowest BCUT2D eigenvalue weighted by atomic mass is 9.81. The van der Waals surface area contributed by atoms with Gasteiger partial charge >= 0.3 is 0 Å². The SMILES string of the molecule is Cc1ccc(N(c2ccccc2)c2ccc(-c3ccc4c(c3)C(C)(C)c3cc(C)ccc3-4)cc2)cc1. The second kappa shape index (κ2) is 8.53. The summed E-state index contributed by atoms with van der Waals surface area (Å²) in [4.78, 5) is 2.31. The van der Waals surface area contributed by atoms with Crippen molar-refractivity contribution in [2.24, 2.45) is 0 Å². The van der Waals surface area contributed by atoms with Gasteiger partial charge in [-0.05, 0) is 89.7 Å². The second-order valence-corrected chi connectivity index (χ2v) is 10.5. The number of rotatable bonds is 4. The molecular weight excluding hydrogens is 434 g/mol. The average Bonchev–Trinajstić information content (AvgIpc) is 3.12. The molecule has 176 valence electrons. The van der Waals surface area contributed by atoms with Crippen molar-refractivity contribution < 1.29 is 0 Å². The van der Waals surface area contributed by atoms with Crippen molar-refractivity contribution in [2.45, 2.75) is 33.1 Å². The van der Waals surface area contributed by atoms with Crippen LogP contribution in [0.2, 0.25) is 0 Å². The first-order valence-electron chi connectivity index (χ1n) is 12.7. The minimum atomic E-state index is 0.00217. The minimum Gasteiger partial charge on any atom is -0.311 e. The molecule has 0 heterocycles. The first-order chi connectivity index (χ1) is 17.4. The number of hydrogen-bond donors (Lipinski definition) is 0. The van der Waals surface area contributed by atoms with E-state index < -0.39 is 0 Å². The van der Waals surface area contributed by atoms with Crippen molar-refractivity contribution in [2.75, 3.05) is 4.90 Å². The van der Waals surface area contributed by atoms with Crippen molar-refractivity contribution in [1.82, 2.24) is 0 Å². The predicted octanol–water partition coefficient (Wildman–Crippen LogP) is 9.75. The van der Waals surface area contributed by atoms with Crippen molar-refractivity contribution in [3.63, 3.8) is 0 Å². The number of benzene rings is 5. The van der Waals surface area contributed by atoms with Gasteiger partial charge in [-0.2, -0.15) is 0 Å². The molecule has 6 rings (SSSR count). The lowest BCUT2D eigenvalue weighted by Crippen LogP contribution is -2.15. The van der Waals surface area contributed by atoms with Crippen LogP contribution < -0.4 is 4.90 Å².